The number of ether oxygens (including phenoxy) is 1. The SMILES string of the molecule is COc1ccc(CN2CCC(N3C(=O)NC4(CCN(C)CC4)C3=O)CC2)cc1. The van der Waals surface area contributed by atoms with Crippen molar-refractivity contribution in [2.75, 3.05) is 40.3 Å². The van der Waals surface area contributed by atoms with Gasteiger partial charge < -0.3 is 15.0 Å². The smallest absolute Gasteiger partial charge is 0.325 e. The molecule has 0 bridgehead atoms. The van der Waals surface area contributed by atoms with E-state index in [1.807, 2.05) is 12.1 Å². The van der Waals surface area contributed by atoms with Gasteiger partial charge in [-0.25, -0.2) is 4.79 Å². The molecule has 1 aromatic carbocycles. The predicted molar refractivity (Wildman–Crippen MR) is 106 cm³/mol. The zero-order chi connectivity index (χ0) is 19.7. The van der Waals surface area contributed by atoms with E-state index in [1.54, 1.807) is 7.11 Å². The number of nitrogens with zero attached hydrogens (tertiary/aromatic N) is 3. The van der Waals surface area contributed by atoms with Gasteiger partial charge in [0, 0.05) is 38.8 Å². The van der Waals surface area contributed by atoms with Gasteiger partial charge in [-0.15, -0.1) is 0 Å². The standard InChI is InChI=1S/C21H30N4O3/c1-23-13-9-21(10-14-23)19(26)25(20(27)22-21)17-7-11-24(12-8-17)15-16-3-5-18(28-2)6-4-16/h3-6,17H,7-15H2,1-2H3,(H,22,27). The van der Waals surface area contributed by atoms with E-state index in [0.717, 1.165) is 51.3 Å². The molecule has 3 fully saturated rings. The second kappa shape index (κ2) is 7.72. The number of nitrogens with one attached hydrogen (secondary N) is 1. The Morgan fingerprint density at radius 2 is 1.71 bits per heavy atom. The van der Waals surface area contributed by atoms with Gasteiger partial charge in [0.05, 0.1) is 7.11 Å². The number of rotatable bonds is 4. The van der Waals surface area contributed by atoms with Crippen LogP contribution in [0.25, 0.3) is 0 Å². The Balaban J connectivity index is 1.34. The fourth-order valence-corrected chi connectivity index (χ4v) is 4.64. The first-order valence-electron chi connectivity index (χ1n) is 10.2. The van der Waals surface area contributed by atoms with Gasteiger partial charge in [-0.2, -0.15) is 0 Å². The molecule has 3 aliphatic heterocycles. The third-order valence-electron chi connectivity index (χ3n) is 6.52. The normalized spacial score (nSPS) is 24.0. The van der Waals surface area contributed by atoms with Gasteiger partial charge in [0.1, 0.15) is 11.3 Å². The van der Waals surface area contributed by atoms with Gasteiger partial charge in [0.15, 0.2) is 0 Å². The van der Waals surface area contributed by atoms with Gasteiger partial charge in [0.2, 0.25) is 0 Å². The van der Waals surface area contributed by atoms with E-state index >= 15 is 0 Å². The van der Waals surface area contributed by atoms with Crippen LogP contribution in [0, 0.1) is 0 Å². The molecule has 1 aromatic rings. The number of carbonyl (C=O) groups excluding carboxylic acids is 2. The number of hydrogen-bond donors (Lipinski definition) is 1. The summed E-state index contributed by atoms with van der Waals surface area (Å²) in [6.07, 6.45) is 3.10. The average molecular weight is 386 g/mol. The summed E-state index contributed by atoms with van der Waals surface area (Å²) >= 11 is 0. The summed E-state index contributed by atoms with van der Waals surface area (Å²) in [6, 6.07) is 7.97. The minimum atomic E-state index is -0.663. The van der Waals surface area contributed by atoms with Crippen molar-refractivity contribution >= 4 is 11.9 Å². The summed E-state index contributed by atoms with van der Waals surface area (Å²) in [5.74, 6) is 0.864. The van der Waals surface area contributed by atoms with E-state index in [1.165, 1.54) is 10.5 Å². The molecule has 0 radical (unpaired) electrons. The van der Waals surface area contributed by atoms with Crippen molar-refractivity contribution in [3.63, 3.8) is 0 Å². The van der Waals surface area contributed by atoms with E-state index in [-0.39, 0.29) is 18.0 Å². The molecule has 1 spiro atoms. The zero-order valence-corrected chi connectivity index (χ0v) is 16.8. The van der Waals surface area contributed by atoms with E-state index in [9.17, 15) is 9.59 Å². The van der Waals surface area contributed by atoms with Crippen LogP contribution in [-0.4, -0.2) is 78.6 Å². The molecular formula is C21H30N4O3. The molecule has 7 heteroatoms. The summed E-state index contributed by atoms with van der Waals surface area (Å²) in [4.78, 5) is 31.9. The number of methoxy groups -OCH3 is 1. The first-order chi connectivity index (χ1) is 13.5. The number of hydrogen-bond acceptors (Lipinski definition) is 5. The number of carbonyl (C=O) groups is 2. The van der Waals surface area contributed by atoms with Crippen LogP contribution in [0.2, 0.25) is 0 Å². The minimum Gasteiger partial charge on any atom is -0.497 e. The second-order valence-electron chi connectivity index (χ2n) is 8.35. The Morgan fingerprint density at radius 3 is 2.32 bits per heavy atom. The lowest BCUT2D eigenvalue weighted by Gasteiger charge is -2.37. The van der Waals surface area contributed by atoms with Gasteiger partial charge in [-0.1, -0.05) is 12.1 Å². The van der Waals surface area contributed by atoms with Crippen molar-refractivity contribution in [3.05, 3.63) is 29.8 Å². The van der Waals surface area contributed by atoms with Crippen LogP contribution in [0.5, 0.6) is 5.75 Å². The molecule has 3 heterocycles. The highest BCUT2D eigenvalue weighted by Crippen LogP contribution is 2.32. The molecule has 0 unspecified atom stereocenters. The summed E-state index contributed by atoms with van der Waals surface area (Å²) in [6.45, 7) is 4.36. The fraction of sp³-hybridized carbons (Fsp3) is 0.619. The monoisotopic (exact) mass is 386 g/mol. The number of amides is 3. The maximum absolute atomic E-state index is 13.1. The van der Waals surface area contributed by atoms with Crippen molar-refractivity contribution in [1.29, 1.82) is 0 Å². The van der Waals surface area contributed by atoms with E-state index in [2.05, 4.69) is 34.3 Å². The molecule has 0 saturated carbocycles. The molecule has 0 atom stereocenters. The van der Waals surface area contributed by atoms with Crippen molar-refractivity contribution in [1.82, 2.24) is 20.0 Å². The first kappa shape index (κ1) is 19.2. The summed E-state index contributed by atoms with van der Waals surface area (Å²) < 4.78 is 5.21. The number of piperidine rings is 2. The van der Waals surface area contributed by atoms with Crippen LogP contribution in [-0.2, 0) is 11.3 Å². The Kier molecular flexibility index (Phi) is 5.29. The summed E-state index contributed by atoms with van der Waals surface area (Å²) in [7, 11) is 3.73. The fourth-order valence-electron chi connectivity index (χ4n) is 4.64. The third-order valence-corrected chi connectivity index (χ3v) is 6.52. The summed E-state index contributed by atoms with van der Waals surface area (Å²) in [5, 5.41) is 3.03. The highest BCUT2D eigenvalue weighted by atomic mass is 16.5. The number of imide groups is 1. The van der Waals surface area contributed by atoms with Gasteiger partial charge in [-0.05, 0) is 50.4 Å². The van der Waals surface area contributed by atoms with Gasteiger partial charge in [0.25, 0.3) is 5.91 Å². The molecule has 7 nitrogen and oxygen atoms in total. The quantitative estimate of drug-likeness (QED) is 0.798. The zero-order valence-electron chi connectivity index (χ0n) is 16.8. The van der Waals surface area contributed by atoms with Gasteiger partial charge >= 0.3 is 6.03 Å². The highest BCUT2D eigenvalue weighted by molar-refractivity contribution is 6.07. The lowest BCUT2D eigenvalue weighted by molar-refractivity contribution is -0.135. The van der Waals surface area contributed by atoms with Crippen molar-refractivity contribution < 1.29 is 14.3 Å². The van der Waals surface area contributed by atoms with Crippen molar-refractivity contribution in [3.8, 4) is 5.75 Å². The highest BCUT2D eigenvalue weighted by Gasteiger charge is 2.53. The molecule has 3 amide bonds. The van der Waals surface area contributed by atoms with Crippen molar-refractivity contribution in [2.45, 2.75) is 43.8 Å². The van der Waals surface area contributed by atoms with Crippen LogP contribution in [0.1, 0.15) is 31.2 Å². The van der Waals surface area contributed by atoms with Crippen LogP contribution >= 0.6 is 0 Å². The number of likely N-dealkylation sites (tertiary alicyclic amines) is 2. The number of benzene rings is 1. The Labute approximate surface area is 166 Å². The molecule has 152 valence electrons. The van der Waals surface area contributed by atoms with E-state index < -0.39 is 5.54 Å². The first-order valence-corrected chi connectivity index (χ1v) is 10.2. The largest absolute Gasteiger partial charge is 0.497 e. The summed E-state index contributed by atoms with van der Waals surface area (Å²) in [5.41, 5.74) is 0.587. The maximum atomic E-state index is 13.1. The molecule has 3 aliphatic rings. The van der Waals surface area contributed by atoms with Crippen molar-refractivity contribution in [2.24, 2.45) is 0 Å². The molecule has 4 rings (SSSR count). The van der Waals surface area contributed by atoms with E-state index in [0.29, 0.717) is 12.8 Å². The maximum Gasteiger partial charge on any atom is 0.325 e. The molecule has 1 N–H and O–H groups in total. The van der Waals surface area contributed by atoms with Gasteiger partial charge in [-0.3, -0.25) is 14.6 Å². The lowest BCUT2D eigenvalue weighted by Crippen LogP contribution is -2.55. The molecular weight excluding hydrogens is 356 g/mol. The van der Waals surface area contributed by atoms with E-state index in [4.69, 9.17) is 4.74 Å². The molecule has 0 aliphatic carbocycles. The Bertz CT molecular complexity index is 720. The molecule has 3 saturated heterocycles. The predicted octanol–water partition coefficient (Wildman–Crippen LogP) is 1.68. The average Bonchev–Trinajstić information content (AvgIpc) is 2.95. The second-order valence-corrected chi connectivity index (χ2v) is 8.35. The van der Waals surface area contributed by atoms with Crippen LogP contribution < -0.4 is 10.1 Å². The lowest BCUT2D eigenvalue weighted by atomic mass is 9.87. The Morgan fingerprint density at radius 1 is 1.07 bits per heavy atom. The number of urea groups is 1. The minimum absolute atomic E-state index is 0.000737. The Hall–Kier alpha value is -2.12. The van der Waals surface area contributed by atoms with Crippen LogP contribution in [0.15, 0.2) is 24.3 Å². The topological polar surface area (TPSA) is 65.1 Å². The molecule has 0 aromatic heterocycles. The third kappa shape index (κ3) is 3.61. The van der Waals surface area contributed by atoms with Crippen LogP contribution in [0.3, 0.4) is 0 Å². The van der Waals surface area contributed by atoms with Crippen LogP contribution in [0.4, 0.5) is 4.79 Å². The molecule has 28 heavy (non-hydrogen) atoms.